The fourth-order valence-corrected chi connectivity index (χ4v) is 3.41. The van der Waals surface area contributed by atoms with Gasteiger partial charge in [-0.05, 0) is 35.9 Å². The molecule has 0 bridgehead atoms. The van der Waals surface area contributed by atoms with Crippen molar-refractivity contribution in [3.8, 4) is 11.4 Å². The maximum absolute atomic E-state index is 5.47. The maximum Gasteiger partial charge on any atom is 0.230 e. The summed E-state index contributed by atoms with van der Waals surface area (Å²) in [6, 6.07) is 12.0. The van der Waals surface area contributed by atoms with E-state index in [4.69, 9.17) is 9.72 Å². The van der Waals surface area contributed by atoms with Crippen LogP contribution in [0, 0.1) is 0 Å². The van der Waals surface area contributed by atoms with Crippen LogP contribution < -0.4 is 10.2 Å². The van der Waals surface area contributed by atoms with Gasteiger partial charge in [-0.3, -0.25) is 9.98 Å². The molecule has 1 aromatic carbocycles. The Bertz CT molecular complexity index is 1030. The SMILES string of the molecule is C1=Nc2ccc(-c3nc(NCc4ccccn4)nc(N4CCOCC4)n3)cc2C1. The Morgan fingerprint density at radius 3 is 2.83 bits per heavy atom. The summed E-state index contributed by atoms with van der Waals surface area (Å²) in [4.78, 5) is 25.0. The summed E-state index contributed by atoms with van der Waals surface area (Å²) in [5.74, 6) is 1.86. The van der Waals surface area contributed by atoms with Crippen LogP contribution in [0.25, 0.3) is 11.4 Å². The Hall–Kier alpha value is -3.39. The monoisotopic (exact) mass is 387 g/mol. The quantitative estimate of drug-likeness (QED) is 0.720. The number of fused-ring (bicyclic) bond motifs is 1. The van der Waals surface area contributed by atoms with Crippen molar-refractivity contribution in [1.29, 1.82) is 0 Å². The Morgan fingerprint density at radius 2 is 1.97 bits per heavy atom. The minimum atomic E-state index is 0.541. The molecule has 2 aromatic heterocycles. The Labute approximate surface area is 168 Å². The molecule has 4 heterocycles. The zero-order valence-corrected chi connectivity index (χ0v) is 16.0. The minimum absolute atomic E-state index is 0.541. The molecule has 5 rings (SSSR count). The van der Waals surface area contributed by atoms with Gasteiger partial charge in [0.05, 0.1) is 31.1 Å². The van der Waals surface area contributed by atoms with Crippen LogP contribution in [0.2, 0.25) is 0 Å². The van der Waals surface area contributed by atoms with E-state index in [1.54, 1.807) is 6.20 Å². The number of nitrogens with zero attached hydrogens (tertiary/aromatic N) is 6. The van der Waals surface area contributed by atoms with E-state index < -0.39 is 0 Å². The zero-order valence-electron chi connectivity index (χ0n) is 16.0. The topological polar surface area (TPSA) is 88.4 Å². The van der Waals surface area contributed by atoms with E-state index in [1.165, 1.54) is 5.56 Å². The molecule has 0 saturated carbocycles. The summed E-state index contributed by atoms with van der Waals surface area (Å²) in [7, 11) is 0. The molecule has 1 fully saturated rings. The lowest BCUT2D eigenvalue weighted by Crippen LogP contribution is -2.37. The Balaban J connectivity index is 1.47. The van der Waals surface area contributed by atoms with Gasteiger partial charge >= 0.3 is 0 Å². The van der Waals surface area contributed by atoms with Gasteiger partial charge < -0.3 is 15.0 Å². The highest BCUT2D eigenvalue weighted by Gasteiger charge is 2.18. The van der Waals surface area contributed by atoms with Gasteiger partial charge in [0.25, 0.3) is 0 Å². The van der Waals surface area contributed by atoms with Crippen molar-refractivity contribution in [1.82, 2.24) is 19.9 Å². The van der Waals surface area contributed by atoms with E-state index >= 15 is 0 Å². The average Bonchev–Trinajstić information content (AvgIpc) is 3.27. The Kier molecular flexibility index (Phi) is 4.83. The van der Waals surface area contributed by atoms with Crippen molar-refractivity contribution in [3.63, 3.8) is 0 Å². The molecular weight excluding hydrogens is 366 g/mol. The van der Waals surface area contributed by atoms with Crippen LogP contribution >= 0.6 is 0 Å². The van der Waals surface area contributed by atoms with Crippen molar-refractivity contribution in [2.24, 2.45) is 4.99 Å². The predicted molar refractivity (Wildman–Crippen MR) is 112 cm³/mol. The molecule has 0 spiro atoms. The molecule has 0 radical (unpaired) electrons. The number of morpholine rings is 1. The van der Waals surface area contributed by atoms with Crippen LogP contribution in [-0.4, -0.2) is 52.5 Å². The van der Waals surface area contributed by atoms with Gasteiger partial charge in [0, 0.05) is 37.5 Å². The number of aromatic nitrogens is 4. The molecule has 0 atom stereocenters. The van der Waals surface area contributed by atoms with Gasteiger partial charge in [-0.25, -0.2) is 0 Å². The van der Waals surface area contributed by atoms with E-state index in [1.807, 2.05) is 36.5 Å². The summed E-state index contributed by atoms with van der Waals surface area (Å²) in [5.41, 5.74) is 4.10. The lowest BCUT2D eigenvalue weighted by atomic mass is 10.1. The largest absolute Gasteiger partial charge is 0.378 e. The van der Waals surface area contributed by atoms with Gasteiger partial charge in [-0.2, -0.15) is 15.0 Å². The molecule has 29 heavy (non-hydrogen) atoms. The van der Waals surface area contributed by atoms with Crippen molar-refractivity contribution in [2.45, 2.75) is 13.0 Å². The molecule has 2 aliphatic rings. The fourth-order valence-electron chi connectivity index (χ4n) is 3.41. The van der Waals surface area contributed by atoms with Crippen LogP contribution in [0.4, 0.5) is 17.6 Å². The van der Waals surface area contributed by atoms with Crippen molar-refractivity contribution in [2.75, 3.05) is 36.5 Å². The first kappa shape index (κ1) is 17.7. The maximum atomic E-state index is 5.47. The van der Waals surface area contributed by atoms with Crippen molar-refractivity contribution < 1.29 is 4.74 Å². The first-order valence-electron chi connectivity index (χ1n) is 9.73. The number of aliphatic imine (C=N–C) groups is 1. The standard InChI is InChI=1S/C21H21N7O/c1-2-7-22-17(3-1)14-24-20-25-19(16-4-5-18-15(13-16)6-8-23-18)26-21(27-20)28-9-11-29-12-10-28/h1-5,7-8,13H,6,9-12,14H2,(H,24,25,26,27). The zero-order chi connectivity index (χ0) is 19.5. The number of pyridine rings is 1. The van der Waals surface area contributed by atoms with E-state index in [2.05, 4.69) is 36.2 Å². The molecular formula is C21H21N7O. The highest BCUT2D eigenvalue weighted by Crippen LogP contribution is 2.29. The van der Waals surface area contributed by atoms with E-state index in [-0.39, 0.29) is 0 Å². The fraction of sp³-hybridized carbons (Fsp3) is 0.286. The van der Waals surface area contributed by atoms with Crippen LogP contribution in [-0.2, 0) is 17.7 Å². The summed E-state index contributed by atoms with van der Waals surface area (Å²) in [6.45, 7) is 3.43. The summed E-state index contributed by atoms with van der Waals surface area (Å²) in [5, 5.41) is 3.30. The van der Waals surface area contributed by atoms with Crippen molar-refractivity contribution >= 4 is 23.8 Å². The molecule has 146 valence electrons. The number of anilines is 2. The smallest absolute Gasteiger partial charge is 0.230 e. The van der Waals surface area contributed by atoms with E-state index in [0.717, 1.165) is 36.5 Å². The molecule has 3 aromatic rings. The first-order valence-corrected chi connectivity index (χ1v) is 9.73. The van der Waals surface area contributed by atoms with Crippen LogP contribution in [0.5, 0.6) is 0 Å². The van der Waals surface area contributed by atoms with E-state index in [9.17, 15) is 0 Å². The summed E-state index contributed by atoms with van der Waals surface area (Å²) >= 11 is 0. The number of ether oxygens (including phenoxy) is 1. The number of nitrogens with one attached hydrogen (secondary N) is 1. The second kappa shape index (κ2) is 7.92. The molecule has 2 aliphatic heterocycles. The van der Waals surface area contributed by atoms with Gasteiger partial charge in [-0.1, -0.05) is 6.07 Å². The normalized spacial score (nSPS) is 15.4. The predicted octanol–water partition coefficient (Wildman–Crippen LogP) is 2.64. The van der Waals surface area contributed by atoms with Gasteiger partial charge in [0.1, 0.15) is 0 Å². The number of rotatable bonds is 5. The van der Waals surface area contributed by atoms with Crippen LogP contribution in [0.1, 0.15) is 11.3 Å². The van der Waals surface area contributed by atoms with Gasteiger partial charge in [0.2, 0.25) is 11.9 Å². The van der Waals surface area contributed by atoms with Crippen LogP contribution in [0.15, 0.2) is 47.6 Å². The highest BCUT2D eigenvalue weighted by molar-refractivity contribution is 5.78. The minimum Gasteiger partial charge on any atom is -0.378 e. The Morgan fingerprint density at radius 1 is 1.03 bits per heavy atom. The lowest BCUT2D eigenvalue weighted by Gasteiger charge is -2.27. The van der Waals surface area contributed by atoms with Crippen molar-refractivity contribution in [3.05, 3.63) is 53.9 Å². The first-order chi connectivity index (χ1) is 14.3. The average molecular weight is 387 g/mol. The number of benzene rings is 1. The molecule has 0 unspecified atom stereocenters. The molecule has 0 aliphatic carbocycles. The third-order valence-electron chi connectivity index (χ3n) is 4.95. The van der Waals surface area contributed by atoms with Gasteiger partial charge in [-0.15, -0.1) is 0 Å². The molecule has 8 heteroatoms. The third-order valence-corrected chi connectivity index (χ3v) is 4.95. The lowest BCUT2D eigenvalue weighted by molar-refractivity contribution is 0.122. The van der Waals surface area contributed by atoms with E-state index in [0.29, 0.717) is 37.5 Å². The van der Waals surface area contributed by atoms with Crippen LogP contribution in [0.3, 0.4) is 0 Å². The number of hydrogen-bond acceptors (Lipinski definition) is 8. The van der Waals surface area contributed by atoms with Gasteiger partial charge in [0.15, 0.2) is 5.82 Å². The molecule has 1 saturated heterocycles. The molecule has 0 amide bonds. The second-order valence-electron chi connectivity index (χ2n) is 6.92. The number of hydrogen-bond donors (Lipinski definition) is 1. The second-order valence-corrected chi connectivity index (χ2v) is 6.92. The summed E-state index contributed by atoms with van der Waals surface area (Å²) < 4.78 is 5.47. The summed E-state index contributed by atoms with van der Waals surface area (Å²) in [6.07, 6.45) is 4.55. The molecule has 8 nitrogen and oxygen atoms in total. The highest BCUT2D eigenvalue weighted by atomic mass is 16.5. The third kappa shape index (κ3) is 3.93. The molecule has 1 N–H and O–H groups in total.